The van der Waals surface area contributed by atoms with Crippen LogP contribution >= 0.6 is 0 Å². The average molecular weight is 330 g/mol. The second-order valence-electron chi connectivity index (χ2n) is 6.56. The minimum absolute atomic E-state index is 0.0283. The second-order valence-corrected chi connectivity index (χ2v) is 6.56. The Morgan fingerprint density at radius 1 is 1.38 bits per heavy atom. The van der Waals surface area contributed by atoms with Crippen LogP contribution in [-0.4, -0.2) is 44.0 Å². The van der Waals surface area contributed by atoms with Gasteiger partial charge in [-0.25, -0.2) is 4.79 Å². The van der Waals surface area contributed by atoms with Gasteiger partial charge in [-0.15, -0.1) is 0 Å². The van der Waals surface area contributed by atoms with Gasteiger partial charge in [0.15, 0.2) is 0 Å². The largest absolute Gasteiger partial charge is 0.334 e. The molecule has 7 nitrogen and oxygen atoms in total. The van der Waals surface area contributed by atoms with Crippen molar-refractivity contribution in [3.8, 4) is 0 Å². The highest BCUT2D eigenvalue weighted by atomic mass is 16.2. The lowest BCUT2D eigenvalue weighted by Gasteiger charge is -2.32. The Balaban J connectivity index is 1.40. The monoisotopic (exact) mass is 330 g/mol. The fraction of sp³-hybridized carbons (Fsp3) is 0.588. The molecule has 0 unspecified atom stereocenters. The Hall–Kier alpha value is -2.31. The number of aromatic nitrogens is 4. The predicted molar refractivity (Wildman–Crippen MR) is 91.4 cm³/mol. The van der Waals surface area contributed by atoms with Gasteiger partial charge in [0.2, 0.25) is 0 Å². The van der Waals surface area contributed by atoms with Crippen LogP contribution in [0.15, 0.2) is 18.5 Å². The number of hydrogen-bond acceptors (Lipinski definition) is 3. The van der Waals surface area contributed by atoms with Gasteiger partial charge < -0.3 is 10.2 Å². The highest BCUT2D eigenvalue weighted by Crippen LogP contribution is 2.21. The lowest BCUT2D eigenvalue weighted by molar-refractivity contribution is 0.166. The number of aryl methyl sites for hydroxylation is 3. The molecule has 0 bridgehead atoms. The molecule has 0 aliphatic carbocycles. The van der Waals surface area contributed by atoms with Crippen LogP contribution < -0.4 is 5.32 Å². The van der Waals surface area contributed by atoms with E-state index in [9.17, 15) is 4.79 Å². The fourth-order valence-electron chi connectivity index (χ4n) is 3.28. The molecule has 7 heteroatoms. The number of carbonyl (C=O) groups excluding carboxylic acids is 1. The number of likely N-dealkylation sites (tertiary alicyclic amines) is 1. The number of aromatic amines is 1. The van der Waals surface area contributed by atoms with E-state index in [0.717, 1.165) is 55.8 Å². The molecule has 1 fully saturated rings. The SMILES string of the molecule is Cc1n[nH]c(C)c1CNC(=O)N1CCC(CCn2cccn2)CC1. The topological polar surface area (TPSA) is 78.8 Å². The molecule has 0 aromatic carbocycles. The molecule has 1 saturated heterocycles. The standard InChI is InChI=1S/C17H26N6O/c1-13-16(14(2)21-20-13)12-18-17(24)22-9-4-15(5-10-22)6-11-23-8-3-7-19-23/h3,7-8,15H,4-6,9-12H2,1-2H3,(H,18,24)(H,20,21). The van der Waals surface area contributed by atoms with E-state index in [-0.39, 0.29) is 6.03 Å². The quantitative estimate of drug-likeness (QED) is 0.882. The first-order valence-electron chi connectivity index (χ1n) is 8.64. The lowest BCUT2D eigenvalue weighted by atomic mass is 9.94. The summed E-state index contributed by atoms with van der Waals surface area (Å²) in [6.45, 7) is 7.09. The second kappa shape index (κ2) is 7.51. The Kier molecular flexibility index (Phi) is 5.17. The highest BCUT2D eigenvalue weighted by molar-refractivity contribution is 5.74. The number of piperidine rings is 1. The van der Waals surface area contributed by atoms with Gasteiger partial charge in [0.05, 0.1) is 5.69 Å². The van der Waals surface area contributed by atoms with Crippen molar-refractivity contribution in [3.05, 3.63) is 35.4 Å². The van der Waals surface area contributed by atoms with Gasteiger partial charge in [-0.1, -0.05) is 0 Å². The van der Waals surface area contributed by atoms with Crippen LogP contribution in [0.25, 0.3) is 0 Å². The first kappa shape index (κ1) is 16.5. The lowest BCUT2D eigenvalue weighted by Crippen LogP contribution is -2.44. The summed E-state index contributed by atoms with van der Waals surface area (Å²) in [6.07, 6.45) is 7.08. The summed E-state index contributed by atoms with van der Waals surface area (Å²) >= 11 is 0. The van der Waals surface area contributed by atoms with Gasteiger partial charge >= 0.3 is 6.03 Å². The molecule has 0 spiro atoms. The van der Waals surface area contributed by atoms with Crippen LogP contribution in [0.1, 0.15) is 36.2 Å². The van der Waals surface area contributed by atoms with E-state index in [4.69, 9.17) is 0 Å². The number of H-pyrrole nitrogens is 1. The van der Waals surface area contributed by atoms with E-state index in [0.29, 0.717) is 12.5 Å². The Bertz CT molecular complexity index is 635. The minimum atomic E-state index is 0.0283. The molecule has 0 radical (unpaired) electrons. The van der Waals surface area contributed by atoms with Crippen LogP contribution in [0, 0.1) is 19.8 Å². The number of urea groups is 1. The maximum atomic E-state index is 12.3. The first-order chi connectivity index (χ1) is 11.6. The van der Waals surface area contributed by atoms with E-state index in [1.165, 1.54) is 0 Å². The smallest absolute Gasteiger partial charge is 0.317 e. The van der Waals surface area contributed by atoms with Crippen LogP contribution in [-0.2, 0) is 13.1 Å². The molecule has 3 rings (SSSR count). The molecule has 130 valence electrons. The molecular weight excluding hydrogens is 304 g/mol. The molecule has 2 aromatic rings. The molecule has 1 aliphatic heterocycles. The van der Waals surface area contributed by atoms with E-state index < -0.39 is 0 Å². The molecular formula is C17H26N6O. The molecule has 0 saturated carbocycles. The number of amides is 2. The summed E-state index contributed by atoms with van der Waals surface area (Å²) in [5.74, 6) is 0.677. The van der Waals surface area contributed by atoms with Crippen molar-refractivity contribution < 1.29 is 4.79 Å². The van der Waals surface area contributed by atoms with Crippen molar-refractivity contribution in [3.63, 3.8) is 0 Å². The Morgan fingerprint density at radius 2 is 2.17 bits per heavy atom. The number of carbonyl (C=O) groups is 1. The van der Waals surface area contributed by atoms with Crippen molar-refractivity contribution in [1.82, 2.24) is 30.2 Å². The molecule has 2 N–H and O–H groups in total. The zero-order chi connectivity index (χ0) is 16.9. The molecule has 24 heavy (non-hydrogen) atoms. The van der Waals surface area contributed by atoms with Gasteiger partial charge in [0, 0.05) is 49.8 Å². The van der Waals surface area contributed by atoms with Crippen molar-refractivity contribution in [2.75, 3.05) is 13.1 Å². The summed E-state index contributed by atoms with van der Waals surface area (Å²) in [7, 11) is 0. The minimum Gasteiger partial charge on any atom is -0.334 e. The number of nitrogens with one attached hydrogen (secondary N) is 2. The third-order valence-corrected chi connectivity index (χ3v) is 4.92. The van der Waals surface area contributed by atoms with E-state index in [2.05, 4.69) is 20.6 Å². The molecule has 0 atom stereocenters. The third kappa shape index (κ3) is 3.96. The van der Waals surface area contributed by atoms with Gasteiger partial charge in [0.25, 0.3) is 0 Å². The van der Waals surface area contributed by atoms with Crippen LogP contribution in [0.4, 0.5) is 4.79 Å². The van der Waals surface area contributed by atoms with E-state index >= 15 is 0 Å². The predicted octanol–water partition coefficient (Wildman–Crippen LogP) is 2.23. The summed E-state index contributed by atoms with van der Waals surface area (Å²) < 4.78 is 1.98. The molecule has 1 aliphatic rings. The van der Waals surface area contributed by atoms with Crippen molar-refractivity contribution in [2.45, 2.75) is 46.2 Å². The summed E-state index contributed by atoms with van der Waals surface area (Å²) in [5, 5.41) is 14.4. The first-order valence-corrected chi connectivity index (χ1v) is 8.64. The summed E-state index contributed by atoms with van der Waals surface area (Å²) in [4.78, 5) is 14.3. The molecule has 3 heterocycles. The third-order valence-electron chi connectivity index (χ3n) is 4.92. The van der Waals surface area contributed by atoms with Crippen molar-refractivity contribution in [2.24, 2.45) is 5.92 Å². The van der Waals surface area contributed by atoms with Gasteiger partial charge in [-0.2, -0.15) is 10.2 Å². The van der Waals surface area contributed by atoms with Crippen LogP contribution in [0.5, 0.6) is 0 Å². The number of rotatable bonds is 5. The highest BCUT2D eigenvalue weighted by Gasteiger charge is 2.22. The maximum absolute atomic E-state index is 12.3. The van der Waals surface area contributed by atoms with Gasteiger partial charge in [0.1, 0.15) is 0 Å². The zero-order valence-electron chi connectivity index (χ0n) is 14.5. The van der Waals surface area contributed by atoms with E-state index in [1.807, 2.05) is 41.9 Å². The number of hydrogen-bond donors (Lipinski definition) is 2. The summed E-state index contributed by atoms with van der Waals surface area (Å²) in [6, 6.07) is 1.98. The maximum Gasteiger partial charge on any atom is 0.317 e. The van der Waals surface area contributed by atoms with Crippen LogP contribution in [0.2, 0.25) is 0 Å². The zero-order valence-corrected chi connectivity index (χ0v) is 14.5. The normalized spacial score (nSPS) is 15.7. The van der Waals surface area contributed by atoms with E-state index in [1.54, 1.807) is 0 Å². The Labute approximate surface area is 142 Å². The number of nitrogens with zero attached hydrogens (tertiary/aromatic N) is 4. The summed E-state index contributed by atoms with van der Waals surface area (Å²) in [5.41, 5.74) is 3.05. The Morgan fingerprint density at radius 3 is 2.79 bits per heavy atom. The average Bonchev–Trinajstić information content (AvgIpc) is 3.22. The van der Waals surface area contributed by atoms with Crippen molar-refractivity contribution >= 4 is 6.03 Å². The molecule has 2 amide bonds. The van der Waals surface area contributed by atoms with Crippen LogP contribution in [0.3, 0.4) is 0 Å². The van der Waals surface area contributed by atoms with Gasteiger partial charge in [-0.3, -0.25) is 9.78 Å². The van der Waals surface area contributed by atoms with Crippen molar-refractivity contribution in [1.29, 1.82) is 0 Å². The fourth-order valence-corrected chi connectivity index (χ4v) is 3.28. The molecule has 2 aromatic heterocycles. The van der Waals surface area contributed by atoms with Gasteiger partial charge in [-0.05, 0) is 45.1 Å².